The first kappa shape index (κ1) is 35.1. The summed E-state index contributed by atoms with van der Waals surface area (Å²) in [6, 6.07) is 10.5. The van der Waals surface area contributed by atoms with Crippen molar-refractivity contribution in [2.24, 2.45) is 0 Å². The monoisotopic (exact) mass is 654 g/mol. The Morgan fingerprint density at radius 1 is 0.761 bits per heavy atom. The zero-order valence-corrected chi connectivity index (χ0v) is 23.8. The molecule has 244 valence electrons. The van der Waals surface area contributed by atoms with E-state index >= 15 is 0 Å². The van der Waals surface area contributed by atoms with Crippen LogP contribution < -0.4 is 5.32 Å². The fraction of sp³-hybridized carbons (Fsp3) is 0.233. The molecule has 0 fully saturated rings. The molecule has 0 heterocycles. The van der Waals surface area contributed by atoms with Crippen LogP contribution in [0.1, 0.15) is 43.0 Å². The number of alkyl halides is 6. The third-order valence-corrected chi connectivity index (χ3v) is 6.66. The van der Waals surface area contributed by atoms with Gasteiger partial charge in [0.2, 0.25) is 5.41 Å². The Morgan fingerprint density at radius 2 is 1.37 bits per heavy atom. The molecular weight excluding hydrogens is 630 g/mol. The number of carboxylic acid groups (broad SMARTS) is 2. The van der Waals surface area contributed by atoms with Gasteiger partial charge >= 0.3 is 30.3 Å². The van der Waals surface area contributed by atoms with Crippen molar-refractivity contribution in [3.63, 3.8) is 0 Å². The van der Waals surface area contributed by atoms with E-state index in [9.17, 15) is 60.5 Å². The molecule has 0 spiro atoms. The molecule has 3 N–H and O–H groups in total. The van der Waals surface area contributed by atoms with E-state index in [4.69, 9.17) is 4.74 Å². The fourth-order valence-electron chi connectivity index (χ4n) is 4.25. The highest BCUT2D eigenvalue weighted by molar-refractivity contribution is 6.10. The molecule has 46 heavy (non-hydrogen) atoms. The molecule has 0 atom stereocenters. The maximum absolute atomic E-state index is 13.6. The molecule has 0 bridgehead atoms. The Hall–Kier alpha value is -5.41. The third-order valence-electron chi connectivity index (χ3n) is 6.66. The summed E-state index contributed by atoms with van der Waals surface area (Å²) >= 11 is 0. The molecule has 16 heteroatoms. The molecule has 3 aromatic carbocycles. The summed E-state index contributed by atoms with van der Waals surface area (Å²) < 4.78 is 85.0. The van der Waals surface area contributed by atoms with Gasteiger partial charge in [-0.3, -0.25) is 24.0 Å². The van der Waals surface area contributed by atoms with E-state index in [1.54, 1.807) is 0 Å². The van der Waals surface area contributed by atoms with E-state index in [1.165, 1.54) is 50.5 Å². The van der Waals surface area contributed by atoms with E-state index in [0.29, 0.717) is 12.1 Å². The summed E-state index contributed by atoms with van der Waals surface area (Å²) in [4.78, 5) is 63.5. The van der Waals surface area contributed by atoms with Crippen LogP contribution in [0.5, 0.6) is 0 Å². The number of ether oxygens (including phenoxy) is 1. The molecule has 0 aliphatic heterocycles. The van der Waals surface area contributed by atoms with Gasteiger partial charge in [-0.2, -0.15) is 26.3 Å². The van der Waals surface area contributed by atoms with Gasteiger partial charge in [0.15, 0.2) is 0 Å². The van der Waals surface area contributed by atoms with E-state index in [0.717, 1.165) is 17.0 Å². The van der Waals surface area contributed by atoms with Gasteiger partial charge < -0.3 is 25.2 Å². The van der Waals surface area contributed by atoms with Crippen LogP contribution in [0.15, 0.2) is 66.7 Å². The minimum absolute atomic E-state index is 0.0367. The number of carbonyl (C=O) groups excluding carboxylic acids is 3. The first-order chi connectivity index (χ1) is 21.3. The highest BCUT2D eigenvalue weighted by Gasteiger charge is 2.50. The van der Waals surface area contributed by atoms with Gasteiger partial charge in [-0.1, -0.05) is 36.4 Å². The summed E-state index contributed by atoms with van der Waals surface area (Å²) in [5.74, 6) is -7.00. The predicted octanol–water partition coefficient (Wildman–Crippen LogP) is 4.87. The maximum atomic E-state index is 13.6. The molecular formula is C30H24F6N2O8. The number of amides is 2. The average molecular weight is 655 g/mol. The van der Waals surface area contributed by atoms with E-state index in [1.807, 2.05) is 0 Å². The van der Waals surface area contributed by atoms with Gasteiger partial charge in [0.1, 0.15) is 6.61 Å². The van der Waals surface area contributed by atoms with Crippen molar-refractivity contribution in [1.82, 2.24) is 4.90 Å². The fourth-order valence-corrected chi connectivity index (χ4v) is 4.25. The normalized spacial score (nSPS) is 11.8. The molecule has 0 radical (unpaired) electrons. The van der Waals surface area contributed by atoms with Crippen molar-refractivity contribution in [3.05, 3.63) is 100 Å². The smallest absolute Gasteiger partial charge is 0.417 e. The minimum Gasteiger partial charge on any atom is -0.480 e. The van der Waals surface area contributed by atoms with Crippen LogP contribution in [0, 0.1) is 0 Å². The second-order valence-corrected chi connectivity index (χ2v) is 10.0. The number of halogens is 6. The Labute approximate surface area is 256 Å². The van der Waals surface area contributed by atoms with E-state index in [-0.39, 0.29) is 28.4 Å². The molecule has 0 unspecified atom stereocenters. The lowest BCUT2D eigenvalue weighted by Crippen LogP contribution is -2.48. The van der Waals surface area contributed by atoms with Gasteiger partial charge in [-0.05, 0) is 41.5 Å². The summed E-state index contributed by atoms with van der Waals surface area (Å²) in [6.45, 7) is -1.10. The van der Waals surface area contributed by atoms with Gasteiger partial charge in [-0.25, -0.2) is 0 Å². The molecule has 0 aliphatic carbocycles. The second kappa shape index (κ2) is 13.3. The Balaban J connectivity index is 1.91. The number of carboxylic acids is 2. The zero-order valence-electron chi connectivity index (χ0n) is 23.8. The van der Waals surface area contributed by atoms with E-state index < -0.39 is 77.2 Å². The van der Waals surface area contributed by atoms with Crippen LogP contribution in [-0.2, 0) is 43.3 Å². The van der Waals surface area contributed by atoms with Crippen molar-refractivity contribution < 1.29 is 65.3 Å². The topological polar surface area (TPSA) is 150 Å². The quantitative estimate of drug-likeness (QED) is 0.159. The maximum Gasteiger partial charge on any atom is 0.417 e. The van der Waals surface area contributed by atoms with Crippen LogP contribution in [0.4, 0.5) is 32.0 Å². The van der Waals surface area contributed by atoms with Crippen molar-refractivity contribution in [1.29, 1.82) is 0 Å². The van der Waals surface area contributed by atoms with Crippen LogP contribution in [0.3, 0.4) is 0 Å². The van der Waals surface area contributed by atoms with E-state index in [2.05, 4.69) is 5.32 Å². The standard InChI is InChI=1S/C30H24F6N2O8/c1-38(2)25(41)20-12-16(13-23(39)46-15-28(26(42)43,27(44)45)17-6-4-3-5-7-17)8-11-22(20)37-24(40)19-10-9-18(29(31,32)33)14-21(19)30(34,35)36/h3-12,14H,13,15H2,1-2H3,(H,37,40)(H,42,43)(H,44,45). The first-order valence-electron chi connectivity index (χ1n) is 12.9. The second-order valence-electron chi connectivity index (χ2n) is 10.0. The lowest BCUT2D eigenvalue weighted by molar-refractivity contribution is -0.164. The number of nitrogens with zero attached hydrogens (tertiary/aromatic N) is 1. The molecule has 3 aromatic rings. The largest absolute Gasteiger partial charge is 0.480 e. The van der Waals surface area contributed by atoms with Crippen LogP contribution >= 0.6 is 0 Å². The molecule has 0 aromatic heterocycles. The third kappa shape index (κ3) is 7.62. The number of hydrogen-bond acceptors (Lipinski definition) is 6. The molecule has 0 aliphatic rings. The lowest BCUT2D eigenvalue weighted by atomic mass is 9.81. The Morgan fingerprint density at radius 3 is 1.89 bits per heavy atom. The zero-order chi connectivity index (χ0) is 34.6. The summed E-state index contributed by atoms with van der Waals surface area (Å²) in [5, 5.41) is 21.6. The number of rotatable bonds is 10. The molecule has 0 saturated heterocycles. The van der Waals surface area contributed by atoms with Crippen molar-refractivity contribution >= 4 is 35.4 Å². The minimum atomic E-state index is -5.35. The number of carbonyl (C=O) groups is 5. The van der Waals surface area contributed by atoms with Crippen LogP contribution in [0.25, 0.3) is 0 Å². The summed E-state index contributed by atoms with van der Waals surface area (Å²) in [6.07, 6.45) is -11.1. The molecule has 2 amide bonds. The number of anilines is 1. The lowest BCUT2D eigenvalue weighted by Gasteiger charge is -2.25. The highest BCUT2D eigenvalue weighted by atomic mass is 19.4. The number of hydrogen-bond donors (Lipinski definition) is 3. The first-order valence-corrected chi connectivity index (χ1v) is 12.9. The van der Waals surface area contributed by atoms with Gasteiger partial charge in [0, 0.05) is 14.1 Å². The number of nitrogens with one attached hydrogen (secondary N) is 1. The van der Waals surface area contributed by atoms with Crippen molar-refractivity contribution in [2.75, 3.05) is 26.0 Å². The van der Waals surface area contributed by atoms with Crippen LogP contribution in [0.2, 0.25) is 0 Å². The number of aliphatic carboxylic acids is 2. The number of benzene rings is 3. The van der Waals surface area contributed by atoms with Crippen LogP contribution in [-0.4, -0.2) is 65.5 Å². The van der Waals surface area contributed by atoms with Gasteiger partial charge in [0.05, 0.1) is 34.4 Å². The number of esters is 1. The predicted molar refractivity (Wildman–Crippen MR) is 147 cm³/mol. The highest BCUT2D eigenvalue weighted by Crippen LogP contribution is 2.38. The molecule has 10 nitrogen and oxygen atoms in total. The van der Waals surface area contributed by atoms with Gasteiger partial charge in [-0.15, -0.1) is 0 Å². The SMILES string of the molecule is CN(C)C(=O)c1cc(CC(=O)OCC(C(=O)O)(C(=O)O)c2ccccc2)ccc1NC(=O)c1ccc(C(F)(F)F)cc1C(F)(F)F. The molecule has 0 saturated carbocycles. The Kier molecular flexibility index (Phi) is 10.1. The van der Waals surface area contributed by atoms with Gasteiger partial charge in [0.25, 0.3) is 11.8 Å². The molecule has 3 rings (SSSR count). The summed E-state index contributed by atoms with van der Waals surface area (Å²) in [5.41, 5.74) is -8.14. The summed E-state index contributed by atoms with van der Waals surface area (Å²) in [7, 11) is 2.60. The van der Waals surface area contributed by atoms with Crippen molar-refractivity contribution in [2.45, 2.75) is 24.2 Å². The Bertz CT molecular complexity index is 1660. The van der Waals surface area contributed by atoms with Crippen molar-refractivity contribution in [3.8, 4) is 0 Å². The average Bonchev–Trinajstić information content (AvgIpc) is 2.96.